The minimum Gasteiger partial charge on any atom is -0.497 e. The number of rotatable bonds is 8. The molecule has 3 amide bonds. The maximum Gasteiger partial charge on any atom is 0.408 e. The van der Waals surface area contributed by atoms with E-state index in [4.69, 9.17) is 9.47 Å². The number of benzene rings is 2. The number of alkyl carbamates (subject to hydrolysis) is 1. The van der Waals surface area contributed by atoms with Gasteiger partial charge in [-0.1, -0.05) is 30.9 Å². The number of carbonyl (C=O) groups excluding carboxylic acids is 3. The number of nitrogens with one attached hydrogen (secondary N) is 2. The van der Waals surface area contributed by atoms with E-state index in [1.54, 1.807) is 71.2 Å². The van der Waals surface area contributed by atoms with Crippen LogP contribution in [0.2, 0.25) is 0 Å². The molecule has 0 radical (unpaired) electrons. The summed E-state index contributed by atoms with van der Waals surface area (Å²) in [6.45, 7) is 16.2. The lowest BCUT2D eigenvalue weighted by Crippen LogP contribution is -2.57. The van der Waals surface area contributed by atoms with E-state index in [-0.39, 0.29) is 0 Å². The predicted molar refractivity (Wildman–Crippen MR) is 146 cm³/mol. The normalized spacial score (nSPS) is 13.1. The summed E-state index contributed by atoms with van der Waals surface area (Å²) >= 11 is 0. The molecular formula is C29H39N3O5. The van der Waals surface area contributed by atoms with Crippen LogP contribution in [0.5, 0.6) is 5.75 Å². The van der Waals surface area contributed by atoms with Gasteiger partial charge in [0.05, 0.1) is 7.11 Å². The molecule has 2 rings (SSSR count). The van der Waals surface area contributed by atoms with E-state index in [9.17, 15) is 14.4 Å². The van der Waals surface area contributed by atoms with Crippen LogP contribution in [0, 0.1) is 0 Å². The lowest BCUT2D eigenvalue weighted by Gasteiger charge is -2.42. The molecule has 0 saturated heterocycles. The monoisotopic (exact) mass is 509 g/mol. The first-order valence-corrected chi connectivity index (χ1v) is 12.2. The summed E-state index contributed by atoms with van der Waals surface area (Å²) in [5.41, 5.74) is 0.462. The van der Waals surface area contributed by atoms with Crippen LogP contribution >= 0.6 is 0 Å². The molecule has 8 nitrogen and oxygen atoms in total. The Morgan fingerprint density at radius 1 is 1.00 bits per heavy atom. The summed E-state index contributed by atoms with van der Waals surface area (Å²) in [4.78, 5) is 41.5. The third-order valence-corrected chi connectivity index (χ3v) is 5.39. The van der Waals surface area contributed by atoms with Crippen molar-refractivity contribution in [2.75, 3.05) is 12.4 Å². The zero-order chi connectivity index (χ0) is 28.0. The van der Waals surface area contributed by atoms with Gasteiger partial charge in [0.1, 0.15) is 23.4 Å². The molecule has 0 spiro atoms. The van der Waals surface area contributed by atoms with E-state index in [2.05, 4.69) is 17.2 Å². The number of anilines is 1. The van der Waals surface area contributed by atoms with Gasteiger partial charge in [-0.15, -0.1) is 0 Å². The molecule has 0 aliphatic heterocycles. The fraction of sp³-hybridized carbons (Fsp3) is 0.414. The largest absolute Gasteiger partial charge is 0.497 e. The Balaban J connectivity index is 2.50. The van der Waals surface area contributed by atoms with Crippen molar-refractivity contribution in [3.63, 3.8) is 0 Å². The van der Waals surface area contributed by atoms with Crippen molar-refractivity contribution < 1.29 is 23.9 Å². The molecule has 0 aliphatic rings. The molecule has 2 atom stereocenters. The second kappa shape index (κ2) is 12.0. The molecular weight excluding hydrogens is 470 g/mol. The highest BCUT2D eigenvalue weighted by Crippen LogP contribution is 2.32. The van der Waals surface area contributed by atoms with Gasteiger partial charge in [0.2, 0.25) is 5.91 Å². The minimum absolute atomic E-state index is 0.404. The fourth-order valence-corrected chi connectivity index (χ4v) is 3.76. The SMILES string of the molecule is C=Cc1cccc(C(C(=O)Nc2ccc(OC)cc2)N(C(=O)C(C)NC(=O)OC(C)(C)C)C(C)(C)C)c1. The van der Waals surface area contributed by atoms with Crippen LogP contribution in [0.4, 0.5) is 10.5 Å². The highest BCUT2D eigenvalue weighted by molar-refractivity contribution is 5.99. The van der Waals surface area contributed by atoms with E-state index >= 15 is 0 Å². The Kier molecular flexibility index (Phi) is 9.50. The molecule has 0 saturated carbocycles. The topological polar surface area (TPSA) is 97.0 Å². The zero-order valence-corrected chi connectivity index (χ0v) is 23.0. The molecule has 8 heteroatoms. The van der Waals surface area contributed by atoms with Gasteiger partial charge in [-0.3, -0.25) is 9.59 Å². The van der Waals surface area contributed by atoms with Crippen LogP contribution in [0.15, 0.2) is 55.1 Å². The summed E-state index contributed by atoms with van der Waals surface area (Å²) in [7, 11) is 1.56. The van der Waals surface area contributed by atoms with E-state index < -0.39 is 41.1 Å². The number of hydrogen-bond donors (Lipinski definition) is 2. The average Bonchev–Trinajstić information content (AvgIpc) is 2.80. The molecule has 2 unspecified atom stereocenters. The van der Waals surface area contributed by atoms with Gasteiger partial charge in [0, 0.05) is 11.2 Å². The number of methoxy groups -OCH3 is 1. The van der Waals surface area contributed by atoms with Crippen molar-refractivity contribution in [1.29, 1.82) is 0 Å². The second-order valence-electron chi connectivity index (χ2n) is 10.7. The van der Waals surface area contributed by atoms with Gasteiger partial charge in [-0.05, 0) is 89.9 Å². The van der Waals surface area contributed by atoms with E-state index in [0.717, 1.165) is 5.56 Å². The summed E-state index contributed by atoms with van der Waals surface area (Å²) in [5, 5.41) is 5.53. The second-order valence-corrected chi connectivity index (χ2v) is 10.7. The zero-order valence-electron chi connectivity index (χ0n) is 23.0. The lowest BCUT2D eigenvalue weighted by molar-refractivity contribution is -0.146. The molecule has 0 aromatic heterocycles. The van der Waals surface area contributed by atoms with Crippen LogP contribution in [-0.4, -0.2) is 47.1 Å². The van der Waals surface area contributed by atoms with Crippen LogP contribution in [-0.2, 0) is 14.3 Å². The van der Waals surface area contributed by atoms with Crippen molar-refractivity contribution in [1.82, 2.24) is 10.2 Å². The average molecular weight is 510 g/mol. The fourth-order valence-electron chi connectivity index (χ4n) is 3.76. The number of carbonyl (C=O) groups is 3. The van der Waals surface area contributed by atoms with Crippen molar-refractivity contribution in [3.05, 3.63) is 66.2 Å². The summed E-state index contributed by atoms with van der Waals surface area (Å²) in [6.07, 6.45) is 0.966. The Morgan fingerprint density at radius 3 is 2.14 bits per heavy atom. The Hall–Kier alpha value is -3.81. The summed E-state index contributed by atoms with van der Waals surface area (Å²) in [6, 6.07) is 12.3. The molecule has 2 aromatic rings. The summed E-state index contributed by atoms with van der Waals surface area (Å²) in [5.74, 6) is -0.182. The van der Waals surface area contributed by atoms with Crippen molar-refractivity contribution in [2.24, 2.45) is 0 Å². The van der Waals surface area contributed by atoms with Crippen molar-refractivity contribution in [3.8, 4) is 5.75 Å². The number of amides is 3. The predicted octanol–water partition coefficient (Wildman–Crippen LogP) is 5.56. The van der Waals surface area contributed by atoms with Crippen molar-refractivity contribution >= 4 is 29.7 Å². The maximum absolute atomic E-state index is 13.8. The standard InChI is InChI=1S/C29H39N3O5/c1-10-20-12-11-13-21(18-20)24(25(33)31-22-14-16-23(36-9)17-15-22)32(28(3,4)5)26(34)19(2)30-27(35)37-29(6,7)8/h10-19,24H,1H2,2-9H3,(H,30,35)(H,31,33). The van der Waals surface area contributed by atoms with Gasteiger partial charge < -0.3 is 25.0 Å². The molecule has 0 fully saturated rings. The van der Waals surface area contributed by atoms with Gasteiger partial charge in [-0.2, -0.15) is 0 Å². The van der Waals surface area contributed by atoms with Crippen LogP contribution in [0.25, 0.3) is 6.08 Å². The first kappa shape index (κ1) is 29.4. The molecule has 200 valence electrons. The molecule has 0 aliphatic carbocycles. The van der Waals surface area contributed by atoms with E-state index in [1.807, 2.05) is 39.0 Å². The first-order valence-electron chi connectivity index (χ1n) is 12.2. The smallest absolute Gasteiger partial charge is 0.408 e. The number of nitrogens with zero attached hydrogens (tertiary/aromatic N) is 1. The molecule has 0 bridgehead atoms. The molecule has 37 heavy (non-hydrogen) atoms. The number of ether oxygens (including phenoxy) is 2. The van der Waals surface area contributed by atoms with Gasteiger partial charge >= 0.3 is 6.09 Å². The molecule has 2 N–H and O–H groups in total. The van der Waals surface area contributed by atoms with Gasteiger partial charge in [0.25, 0.3) is 5.91 Å². The molecule has 0 heterocycles. The number of hydrogen-bond acceptors (Lipinski definition) is 5. The lowest BCUT2D eigenvalue weighted by atomic mass is 9.94. The minimum atomic E-state index is -1.00. The highest BCUT2D eigenvalue weighted by atomic mass is 16.6. The van der Waals surface area contributed by atoms with E-state index in [1.165, 1.54) is 4.90 Å². The molecule has 2 aromatic carbocycles. The first-order chi connectivity index (χ1) is 17.2. The maximum atomic E-state index is 13.8. The third kappa shape index (κ3) is 8.37. The van der Waals surface area contributed by atoms with E-state index in [0.29, 0.717) is 17.0 Å². The highest BCUT2D eigenvalue weighted by Gasteiger charge is 2.40. The Bertz CT molecular complexity index is 1110. The van der Waals surface area contributed by atoms with Gasteiger partial charge in [0.15, 0.2) is 0 Å². The third-order valence-electron chi connectivity index (χ3n) is 5.39. The van der Waals surface area contributed by atoms with Crippen molar-refractivity contribution in [2.45, 2.75) is 71.7 Å². The Morgan fingerprint density at radius 2 is 1.62 bits per heavy atom. The summed E-state index contributed by atoms with van der Waals surface area (Å²) < 4.78 is 10.5. The van der Waals surface area contributed by atoms with Gasteiger partial charge in [-0.25, -0.2) is 4.79 Å². The quantitative estimate of drug-likeness (QED) is 0.486. The van der Waals surface area contributed by atoms with Crippen LogP contribution < -0.4 is 15.4 Å². The van der Waals surface area contributed by atoms with Crippen LogP contribution in [0.1, 0.15) is 65.6 Å². The Labute approximate surface area is 220 Å². The van der Waals surface area contributed by atoms with Crippen LogP contribution in [0.3, 0.4) is 0 Å².